The van der Waals surface area contributed by atoms with Gasteiger partial charge < -0.3 is 9.64 Å². The normalized spacial score (nSPS) is 19.6. The SMILES string of the molecule is COCC(N(C)C)C1(c2ccc(Cl)cc2)CCC1. The van der Waals surface area contributed by atoms with Crippen molar-refractivity contribution in [2.24, 2.45) is 0 Å². The van der Waals surface area contributed by atoms with Crippen LogP contribution < -0.4 is 0 Å². The first-order valence-corrected chi connectivity index (χ1v) is 6.89. The Hall–Kier alpha value is -0.570. The third kappa shape index (κ3) is 2.42. The highest BCUT2D eigenvalue weighted by molar-refractivity contribution is 6.30. The van der Waals surface area contributed by atoms with E-state index in [0.717, 1.165) is 11.6 Å². The second-order valence-electron chi connectivity index (χ2n) is 5.45. The lowest BCUT2D eigenvalue weighted by molar-refractivity contribution is 0.0310. The van der Waals surface area contributed by atoms with Gasteiger partial charge >= 0.3 is 0 Å². The van der Waals surface area contributed by atoms with Gasteiger partial charge in [0.15, 0.2) is 0 Å². The summed E-state index contributed by atoms with van der Waals surface area (Å²) in [6.07, 6.45) is 3.78. The van der Waals surface area contributed by atoms with Gasteiger partial charge in [-0.25, -0.2) is 0 Å². The summed E-state index contributed by atoms with van der Waals surface area (Å²) in [4.78, 5) is 2.29. The van der Waals surface area contributed by atoms with Crippen molar-refractivity contribution in [1.29, 1.82) is 0 Å². The Balaban J connectivity index is 2.31. The molecule has 0 aliphatic heterocycles. The van der Waals surface area contributed by atoms with Gasteiger partial charge in [-0.15, -0.1) is 0 Å². The number of ether oxygens (including phenoxy) is 1. The second-order valence-corrected chi connectivity index (χ2v) is 5.89. The quantitative estimate of drug-likeness (QED) is 0.811. The van der Waals surface area contributed by atoms with Gasteiger partial charge in [-0.1, -0.05) is 30.2 Å². The maximum atomic E-state index is 5.99. The van der Waals surface area contributed by atoms with E-state index in [1.165, 1.54) is 24.8 Å². The predicted octanol–water partition coefficient (Wildman–Crippen LogP) is 3.34. The van der Waals surface area contributed by atoms with E-state index in [0.29, 0.717) is 6.04 Å². The fourth-order valence-corrected chi connectivity index (χ4v) is 3.24. The number of methoxy groups -OCH3 is 1. The number of likely N-dealkylation sites (N-methyl/N-ethyl adjacent to an activating group) is 1. The molecule has 1 aliphatic carbocycles. The van der Waals surface area contributed by atoms with E-state index in [1.807, 2.05) is 12.1 Å². The van der Waals surface area contributed by atoms with Crippen molar-refractivity contribution in [1.82, 2.24) is 4.90 Å². The Morgan fingerprint density at radius 1 is 1.28 bits per heavy atom. The summed E-state index contributed by atoms with van der Waals surface area (Å²) < 4.78 is 5.42. The summed E-state index contributed by atoms with van der Waals surface area (Å²) in [5.74, 6) is 0. The standard InChI is InChI=1S/C15H22ClNO/c1-17(2)14(11-18-3)15(9-4-10-15)12-5-7-13(16)8-6-12/h5-8,14H,4,9-11H2,1-3H3. The number of hydrogen-bond donors (Lipinski definition) is 0. The van der Waals surface area contributed by atoms with E-state index in [-0.39, 0.29) is 5.41 Å². The van der Waals surface area contributed by atoms with Gasteiger partial charge in [0.1, 0.15) is 0 Å². The summed E-state index contributed by atoms with van der Waals surface area (Å²) in [7, 11) is 6.06. The number of hydrogen-bond acceptors (Lipinski definition) is 2. The zero-order chi connectivity index (χ0) is 13.2. The van der Waals surface area contributed by atoms with Crippen molar-refractivity contribution in [3.63, 3.8) is 0 Å². The first-order chi connectivity index (χ1) is 8.60. The van der Waals surface area contributed by atoms with Crippen molar-refractivity contribution in [2.75, 3.05) is 27.8 Å². The molecule has 2 rings (SSSR count). The Kier molecular flexibility index (Phi) is 4.31. The van der Waals surface area contributed by atoms with Crippen molar-refractivity contribution in [3.05, 3.63) is 34.9 Å². The maximum Gasteiger partial charge on any atom is 0.0626 e. The Morgan fingerprint density at radius 2 is 1.89 bits per heavy atom. The molecule has 0 heterocycles. The summed E-state index contributed by atoms with van der Waals surface area (Å²) >= 11 is 5.99. The molecular formula is C15H22ClNO. The lowest BCUT2D eigenvalue weighted by atomic mass is 9.60. The van der Waals surface area contributed by atoms with Crippen LogP contribution in [0.15, 0.2) is 24.3 Å². The maximum absolute atomic E-state index is 5.99. The Bertz CT molecular complexity index is 384. The Labute approximate surface area is 115 Å². The van der Waals surface area contributed by atoms with Crippen molar-refractivity contribution in [2.45, 2.75) is 30.7 Å². The van der Waals surface area contributed by atoms with Crippen molar-refractivity contribution in [3.8, 4) is 0 Å². The molecule has 1 fully saturated rings. The summed E-state index contributed by atoms with van der Waals surface area (Å²) in [5, 5.41) is 0.807. The van der Waals surface area contributed by atoms with Crippen LogP contribution in [0.3, 0.4) is 0 Å². The van der Waals surface area contributed by atoms with Gasteiger partial charge in [0.2, 0.25) is 0 Å². The highest BCUT2D eigenvalue weighted by atomic mass is 35.5. The fourth-order valence-electron chi connectivity index (χ4n) is 3.11. The van der Waals surface area contributed by atoms with Crippen LogP contribution in [0.1, 0.15) is 24.8 Å². The van der Waals surface area contributed by atoms with E-state index in [4.69, 9.17) is 16.3 Å². The monoisotopic (exact) mass is 267 g/mol. The second kappa shape index (κ2) is 5.60. The van der Waals surface area contributed by atoms with Crippen LogP contribution in [0.2, 0.25) is 5.02 Å². The van der Waals surface area contributed by atoms with E-state index in [9.17, 15) is 0 Å². The summed E-state index contributed by atoms with van der Waals surface area (Å²) in [6.45, 7) is 0.773. The molecule has 0 amide bonds. The van der Waals surface area contributed by atoms with Crippen LogP contribution in [0.25, 0.3) is 0 Å². The molecule has 0 bridgehead atoms. The molecule has 0 N–H and O–H groups in total. The topological polar surface area (TPSA) is 12.5 Å². The molecule has 1 unspecified atom stereocenters. The van der Waals surface area contributed by atoms with Crippen molar-refractivity contribution >= 4 is 11.6 Å². The minimum absolute atomic E-state index is 0.240. The van der Waals surface area contributed by atoms with Crippen LogP contribution >= 0.6 is 11.6 Å². The molecule has 2 nitrogen and oxygen atoms in total. The molecule has 0 saturated heterocycles. The highest BCUT2D eigenvalue weighted by Gasteiger charge is 2.46. The molecule has 1 aliphatic rings. The fraction of sp³-hybridized carbons (Fsp3) is 0.600. The zero-order valence-electron chi connectivity index (χ0n) is 11.4. The summed E-state index contributed by atoms with van der Waals surface area (Å²) in [5.41, 5.74) is 1.64. The van der Waals surface area contributed by atoms with Crippen LogP contribution in [0.5, 0.6) is 0 Å². The van der Waals surface area contributed by atoms with Crippen LogP contribution in [0, 0.1) is 0 Å². The van der Waals surface area contributed by atoms with E-state index in [2.05, 4.69) is 31.1 Å². The molecular weight excluding hydrogens is 246 g/mol. The number of rotatable bonds is 5. The Morgan fingerprint density at radius 3 is 2.28 bits per heavy atom. The van der Waals surface area contributed by atoms with E-state index in [1.54, 1.807) is 7.11 Å². The minimum atomic E-state index is 0.240. The lowest BCUT2D eigenvalue weighted by Crippen LogP contribution is -2.54. The van der Waals surface area contributed by atoms with Gasteiger partial charge in [-0.05, 0) is 44.6 Å². The number of nitrogens with zero attached hydrogens (tertiary/aromatic N) is 1. The van der Waals surface area contributed by atoms with E-state index >= 15 is 0 Å². The highest BCUT2D eigenvalue weighted by Crippen LogP contribution is 2.48. The predicted molar refractivity (Wildman–Crippen MR) is 76.3 cm³/mol. The molecule has 1 atom stereocenters. The lowest BCUT2D eigenvalue weighted by Gasteiger charge is -2.50. The zero-order valence-corrected chi connectivity index (χ0v) is 12.2. The molecule has 1 aromatic carbocycles. The van der Waals surface area contributed by atoms with Crippen molar-refractivity contribution < 1.29 is 4.74 Å². The molecule has 0 radical (unpaired) electrons. The van der Waals surface area contributed by atoms with Gasteiger partial charge in [0, 0.05) is 23.6 Å². The van der Waals surface area contributed by atoms with Gasteiger partial charge in [-0.2, -0.15) is 0 Å². The minimum Gasteiger partial charge on any atom is -0.383 e. The molecule has 0 aromatic heterocycles. The average molecular weight is 268 g/mol. The van der Waals surface area contributed by atoms with Gasteiger partial charge in [-0.3, -0.25) is 0 Å². The van der Waals surface area contributed by atoms with Gasteiger partial charge in [0.05, 0.1) is 6.61 Å². The molecule has 100 valence electrons. The third-order valence-electron chi connectivity index (χ3n) is 4.25. The molecule has 18 heavy (non-hydrogen) atoms. The van der Waals surface area contributed by atoms with E-state index < -0.39 is 0 Å². The third-order valence-corrected chi connectivity index (χ3v) is 4.50. The van der Waals surface area contributed by atoms with Crippen LogP contribution in [-0.2, 0) is 10.2 Å². The first kappa shape index (κ1) is 13.9. The number of halogens is 1. The molecule has 0 spiro atoms. The molecule has 1 saturated carbocycles. The number of benzene rings is 1. The summed E-state index contributed by atoms with van der Waals surface area (Å²) in [6, 6.07) is 8.77. The van der Waals surface area contributed by atoms with Crippen LogP contribution in [-0.4, -0.2) is 38.8 Å². The molecule has 3 heteroatoms. The average Bonchev–Trinajstić information content (AvgIpc) is 2.28. The smallest absolute Gasteiger partial charge is 0.0626 e. The van der Waals surface area contributed by atoms with Gasteiger partial charge in [0.25, 0.3) is 0 Å². The first-order valence-electron chi connectivity index (χ1n) is 6.51. The molecule has 1 aromatic rings. The van der Waals surface area contributed by atoms with Crippen LogP contribution in [0.4, 0.5) is 0 Å². The largest absolute Gasteiger partial charge is 0.383 e.